The van der Waals surface area contributed by atoms with Crippen LogP contribution >= 0.6 is 15.9 Å². The summed E-state index contributed by atoms with van der Waals surface area (Å²) in [5.74, 6) is 0.966. The van der Waals surface area contributed by atoms with Crippen LogP contribution in [-0.2, 0) is 0 Å². The molecular weight excluding hydrogens is 244 g/mol. The molecular formula is C9H13BrN4. The largest absolute Gasteiger partial charge is 0.354 e. The summed E-state index contributed by atoms with van der Waals surface area (Å²) in [5.41, 5.74) is 0. The number of halogens is 1. The SMILES string of the molecule is CN(c1ncncc1Br)C1CCNC1. The van der Waals surface area contributed by atoms with Crippen molar-refractivity contribution in [1.82, 2.24) is 15.3 Å². The summed E-state index contributed by atoms with van der Waals surface area (Å²) in [6.45, 7) is 2.13. The van der Waals surface area contributed by atoms with Gasteiger partial charge >= 0.3 is 0 Å². The van der Waals surface area contributed by atoms with E-state index in [0.717, 1.165) is 23.4 Å². The highest BCUT2D eigenvalue weighted by molar-refractivity contribution is 9.10. The van der Waals surface area contributed by atoms with E-state index in [1.807, 2.05) is 0 Å². The third-order valence-electron chi connectivity index (χ3n) is 2.56. The molecule has 1 atom stereocenters. The Hall–Kier alpha value is -0.680. The van der Waals surface area contributed by atoms with Crippen molar-refractivity contribution in [1.29, 1.82) is 0 Å². The van der Waals surface area contributed by atoms with Crippen LogP contribution in [0.1, 0.15) is 6.42 Å². The van der Waals surface area contributed by atoms with Crippen LogP contribution < -0.4 is 10.2 Å². The van der Waals surface area contributed by atoms with Gasteiger partial charge in [-0.25, -0.2) is 9.97 Å². The third kappa shape index (κ3) is 1.88. The highest BCUT2D eigenvalue weighted by Crippen LogP contribution is 2.23. The number of hydrogen-bond donors (Lipinski definition) is 1. The minimum absolute atomic E-state index is 0.543. The minimum atomic E-state index is 0.543. The van der Waals surface area contributed by atoms with E-state index in [4.69, 9.17) is 0 Å². The van der Waals surface area contributed by atoms with E-state index in [-0.39, 0.29) is 0 Å². The number of anilines is 1. The molecule has 1 aliphatic rings. The zero-order valence-corrected chi connectivity index (χ0v) is 9.66. The van der Waals surface area contributed by atoms with Crippen molar-refractivity contribution >= 4 is 21.7 Å². The van der Waals surface area contributed by atoms with Gasteiger partial charge in [0.1, 0.15) is 12.1 Å². The Morgan fingerprint density at radius 2 is 2.50 bits per heavy atom. The fourth-order valence-corrected chi connectivity index (χ4v) is 2.21. The summed E-state index contributed by atoms with van der Waals surface area (Å²) < 4.78 is 0.953. The van der Waals surface area contributed by atoms with E-state index < -0.39 is 0 Å². The van der Waals surface area contributed by atoms with Crippen molar-refractivity contribution in [2.75, 3.05) is 25.0 Å². The van der Waals surface area contributed by atoms with Gasteiger partial charge in [-0.05, 0) is 28.9 Å². The van der Waals surface area contributed by atoms with E-state index in [9.17, 15) is 0 Å². The molecule has 14 heavy (non-hydrogen) atoms. The monoisotopic (exact) mass is 256 g/mol. The van der Waals surface area contributed by atoms with E-state index in [2.05, 4.69) is 43.2 Å². The first kappa shape index (κ1) is 9.86. The lowest BCUT2D eigenvalue weighted by molar-refractivity contribution is 0.675. The van der Waals surface area contributed by atoms with Gasteiger partial charge in [0.2, 0.25) is 0 Å². The average Bonchev–Trinajstić information content (AvgIpc) is 2.70. The summed E-state index contributed by atoms with van der Waals surface area (Å²) in [5, 5.41) is 3.34. The van der Waals surface area contributed by atoms with Gasteiger partial charge < -0.3 is 10.2 Å². The van der Waals surface area contributed by atoms with Crippen molar-refractivity contribution < 1.29 is 0 Å². The van der Waals surface area contributed by atoms with Crippen LogP contribution in [0.3, 0.4) is 0 Å². The molecule has 1 unspecified atom stereocenters. The predicted octanol–water partition coefficient (Wildman–Crippen LogP) is 1.04. The van der Waals surface area contributed by atoms with E-state index in [1.165, 1.54) is 6.42 Å². The van der Waals surface area contributed by atoms with Crippen LogP contribution in [-0.4, -0.2) is 36.1 Å². The number of nitrogens with one attached hydrogen (secondary N) is 1. The fourth-order valence-electron chi connectivity index (χ4n) is 1.71. The molecule has 4 nitrogen and oxygen atoms in total. The molecule has 1 aromatic rings. The van der Waals surface area contributed by atoms with Gasteiger partial charge in [-0.15, -0.1) is 0 Å². The van der Waals surface area contributed by atoms with Crippen LogP contribution in [0, 0.1) is 0 Å². The zero-order chi connectivity index (χ0) is 9.97. The smallest absolute Gasteiger partial charge is 0.146 e. The molecule has 0 bridgehead atoms. The molecule has 0 radical (unpaired) electrons. The van der Waals surface area contributed by atoms with Gasteiger partial charge in [0.05, 0.1) is 4.47 Å². The third-order valence-corrected chi connectivity index (χ3v) is 3.12. The lowest BCUT2D eigenvalue weighted by Gasteiger charge is -2.25. The number of hydrogen-bond acceptors (Lipinski definition) is 4. The average molecular weight is 257 g/mol. The molecule has 2 heterocycles. The molecule has 1 N–H and O–H groups in total. The van der Waals surface area contributed by atoms with Crippen LogP contribution in [0.5, 0.6) is 0 Å². The molecule has 0 aromatic carbocycles. The van der Waals surface area contributed by atoms with Crippen molar-refractivity contribution in [2.24, 2.45) is 0 Å². The molecule has 0 amide bonds. The second kappa shape index (κ2) is 4.23. The van der Waals surface area contributed by atoms with Gasteiger partial charge in [-0.3, -0.25) is 0 Å². The lowest BCUT2D eigenvalue weighted by Crippen LogP contribution is -2.34. The van der Waals surface area contributed by atoms with Gasteiger partial charge in [0.25, 0.3) is 0 Å². The summed E-state index contributed by atoms with van der Waals surface area (Å²) in [6, 6.07) is 0.543. The molecule has 76 valence electrons. The quantitative estimate of drug-likeness (QED) is 0.859. The molecule has 0 saturated carbocycles. The van der Waals surface area contributed by atoms with E-state index >= 15 is 0 Å². The number of aromatic nitrogens is 2. The molecule has 1 aromatic heterocycles. The van der Waals surface area contributed by atoms with Gasteiger partial charge in [-0.1, -0.05) is 0 Å². The lowest BCUT2D eigenvalue weighted by atomic mass is 10.2. The Morgan fingerprint density at radius 3 is 3.14 bits per heavy atom. The first-order chi connectivity index (χ1) is 6.79. The Kier molecular flexibility index (Phi) is 2.98. The number of nitrogens with zero attached hydrogens (tertiary/aromatic N) is 3. The summed E-state index contributed by atoms with van der Waals surface area (Å²) in [7, 11) is 2.07. The Balaban J connectivity index is 2.17. The topological polar surface area (TPSA) is 41.1 Å². The molecule has 2 rings (SSSR count). The summed E-state index contributed by atoms with van der Waals surface area (Å²) in [4.78, 5) is 10.4. The first-order valence-electron chi connectivity index (χ1n) is 4.68. The molecule has 1 fully saturated rings. The summed E-state index contributed by atoms with van der Waals surface area (Å²) in [6.07, 6.45) is 4.53. The first-order valence-corrected chi connectivity index (χ1v) is 5.47. The predicted molar refractivity (Wildman–Crippen MR) is 59.4 cm³/mol. The maximum Gasteiger partial charge on any atom is 0.146 e. The van der Waals surface area contributed by atoms with Crippen LogP contribution in [0.2, 0.25) is 0 Å². The molecule has 0 spiro atoms. The number of likely N-dealkylation sites (N-methyl/N-ethyl adjacent to an activating group) is 1. The van der Waals surface area contributed by atoms with Crippen molar-refractivity contribution in [3.05, 3.63) is 17.0 Å². The van der Waals surface area contributed by atoms with E-state index in [0.29, 0.717) is 6.04 Å². The van der Waals surface area contributed by atoms with Gasteiger partial charge in [0.15, 0.2) is 0 Å². The van der Waals surface area contributed by atoms with Gasteiger partial charge in [-0.2, -0.15) is 0 Å². The maximum atomic E-state index is 4.26. The second-order valence-electron chi connectivity index (χ2n) is 3.45. The normalized spacial score (nSPS) is 21.1. The number of rotatable bonds is 2. The highest BCUT2D eigenvalue weighted by Gasteiger charge is 2.21. The Morgan fingerprint density at radius 1 is 1.64 bits per heavy atom. The Labute approximate surface area is 91.9 Å². The maximum absolute atomic E-state index is 4.26. The van der Waals surface area contributed by atoms with Crippen LogP contribution in [0.25, 0.3) is 0 Å². The van der Waals surface area contributed by atoms with Crippen molar-refractivity contribution in [2.45, 2.75) is 12.5 Å². The molecule has 5 heteroatoms. The standard InChI is InChI=1S/C9H13BrN4/c1-14(7-2-3-11-4-7)9-8(10)5-12-6-13-9/h5-7,11H,2-4H2,1H3. The molecule has 1 saturated heterocycles. The van der Waals surface area contributed by atoms with Crippen LogP contribution in [0.4, 0.5) is 5.82 Å². The summed E-state index contributed by atoms with van der Waals surface area (Å²) >= 11 is 3.46. The fraction of sp³-hybridized carbons (Fsp3) is 0.556. The second-order valence-corrected chi connectivity index (χ2v) is 4.31. The highest BCUT2D eigenvalue weighted by atomic mass is 79.9. The molecule has 0 aliphatic carbocycles. The minimum Gasteiger partial charge on any atom is -0.354 e. The van der Waals surface area contributed by atoms with Crippen LogP contribution in [0.15, 0.2) is 17.0 Å². The zero-order valence-electron chi connectivity index (χ0n) is 8.07. The van der Waals surface area contributed by atoms with Crippen molar-refractivity contribution in [3.8, 4) is 0 Å². The Bertz CT molecular complexity index is 311. The van der Waals surface area contributed by atoms with Crippen molar-refractivity contribution in [3.63, 3.8) is 0 Å². The van der Waals surface area contributed by atoms with E-state index in [1.54, 1.807) is 12.5 Å². The van der Waals surface area contributed by atoms with Gasteiger partial charge in [0, 0.05) is 25.8 Å². The molecule has 1 aliphatic heterocycles.